The zero-order chi connectivity index (χ0) is 14.6. The van der Waals surface area contributed by atoms with Gasteiger partial charge in [0.2, 0.25) is 0 Å². The molecule has 112 valence electrons. The average molecular weight is 275 g/mol. The third-order valence-electron chi connectivity index (χ3n) is 4.44. The second-order valence-electron chi connectivity index (χ2n) is 6.96. The molecule has 0 amide bonds. The lowest BCUT2D eigenvalue weighted by molar-refractivity contribution is 0.108. The van der Waals surface area contributed by atoms with Gasteiger partial charge in [0, 0.05) is 24.8 Å². The number of hydrogen-bond acceptors (Lipinski definition) is 3. The molecule has 3 nitrogen and oxygen atoms in total. The Labute approximate surface area is 123 Å². The van der Waals surface area contributed by atoms with Gasteiger partial charge < -0.3 is 5.32 Å². The van der Waals surface area contributed by atoms with Gasteiger partial charge in [0.05, 0.1) is 0 Å². The van der Waals surface area contributed by atoms with Crippen molar-refractivity contribution in [1.29, 1.82) is 0 Å². The summed E-state index contributed by atoms with van der Waals surface area (Å²) < 4.78 is 0. The normalized spacial score (nSPS) is 18.2. The molecule has 1 aromatic rings. The van der Waals surface area contributed by atoms with Crippen LogP contribution in [-0.4, -0.2) is 29.5 Å². The number of likely N-dealkylation sites (tertiary alicyclic amines) is 1. The first-order chi connectivity index (χ1) is 9.50. The van der Waals surface area contributed by atoms with Crippen LogP contribution in [0.2, 0.25) is 0 Å². The summed E-state index contributed by atoms with van der Waals surface area (Å²) in [5, 5.41) is 3.36. The van der Waals surface area contributed by atoms with Gasteiger partial charge in [-0.05, 0) is 50.3 Å². The van der Waals surface area contributed by atoms with E-state index in [2.05, 4.69) is 49.0 Å². The fraction of sp³-hybridized carbons (Fsp3) is 0.706. The summed E-state index contributed by atoms with van der Waals surface area (Å²) in [5.74, 6) is 1.91. The molecule has 1 aliphatic heterocycles. The molecular formula is C17H29N3. The van der Waals surface area contributed by atoms with Crippen LogP contribution in [-0.2, 0) is 6.54 Å². The Balaban J connectivity index is 1.93. The second-order valence-corrected chi connectivity index (χ2v) is 6.96. The maximum atomic E-state index is 4.45. The maximum absolute atomic E-state index is 4.45. The summed E-state index contributed by atoms with van der Waals surface area (Å²) in [5.41, 5.74) is 1.78. The fourth-order valence-corrected chi connectivity index (χ4v) is 3.09. The standard InChI is InChI=1S/C17H29N3/c1-5-18-16-14(7-6-10-19-16)13-20-11-8-15(9-12-20)17(2,3)4/h6-7,10,15H,5,8-9,11-13H2,1-4H3,(H,18,19). The van der Waals surface area contributed by atoms with E-state index in [4.69, 9.17) is 0 Å². The Morgan fingerprint density at radius 3 is 2.60 bits per heavy atom. The van der Waals surface area contributed by atoms with Crippen molar-refractivity contribution in [2.45, 2.75) is 47.1 Å². The van der Waals surface area contributed by atoms with E-state index in [-0.39, 0.29) is 0 Å². The molecule has 2 rings (SSSR count). The third kappa shape index (κ3) is 3.95. The van der Waals surface area contributed by atoms with Gasteiger partial charge in [0.25, 0.3) is 0 Å². The zero-order valence-corrected chi connectivity index (χ0v) is 13.4. The second kappa shape index (κ2) is 6.57. The van der Waals surface area contributed by atoms with Gasteiger partial charge in [0.1, 0.15) is 5.82 Å². The van der Waals surface area contributed by atoms with E-state index in [9.17, 15) is 0 Å². The molecule has 20 heavy (non-hydrogen) atoms. The molecule has 1 fully saturated rings. The summed E-state index contributed by atoms with van der Waals surface area (Å²) >= 11 is 0. The van der Waals surface area contributed by atoms with Crippen LogP contribution >= 0.6 is 0 Å². The minimum atomic E-state index is 0.454. The van der Waals surface area contributed by atoms with Crippen molar-refractivity contribution in [3.63, 3.8) is 0 Å². The predicted octanol–water partition coefficient (Wildman–Crippen LogP) is 3.77. The van der Waals surface area contributed by atoms with Crippen molar-refractivity contribution in [3.05, 3.63) is 23.9 Å². The highest BCUT2D eigenvalue weighted by molar-refractivity contribution is 5.43. The van der Waals surface area contributed by atoms with Gasteiger partial charge in [-0.1, -0.05) is 26.8 Å². The number of hydrogen-bond donors (Lipinski definition) is 1. The van der Waals surface area contributed by atoms with Crippen molar-refractivity contribution in [3.8, 4) is 0 Å². The highest BCUT2D eigenvalue weighted by Gasteiger charge is 2.28. The number of piperidine rings is 1. The summed E-state index contributed by atoms with van der Waals surface area (Å²) in [6.45, 7) is 13.6. The quantitative estimate of drug-likeness (QED) is 0.906. The van der Waals surface area contributed by atoms with Gasteiger partial charge in [0.15, 0.2) is 0 Å². The predicted molar refractivity (Wildman–Crippen MR) is 85.9 cm³/mol. The van der Waals surface area contributed by atoms with Crippen molar-refractivity contribution in [2.24, 2.45) is 11.3 Å². The van der Waals surface area contributed by atoms with Crippen molar-refractivity contribution in [1.82, 2.24) is 9.88 Å². The molecule has 0 aliphatic carbocycles. The van der Waals surface area contributed by atoms with Gasteiger partial charge in [-0.15, -0.1) is 0 Å². The first-order valence-corrected chi connectivity index (χ1v) is 7.91. The van der Waals surface area contributed by atoms with Crippen LogP contribution in [0.1, 0.15) is 46.1 Å². The first-order valence-electron chi connectivity index (χ1n) is 7.91. The van der Waals surface area contributed by atoms with E-state index < -0.39 is 0 Å². The molecule has 0 saturated carbocycles. The smallest absolute Gasteiger partial charge is 0.130 e. The number of pyridine rings is 1. The average Bonchev–Trinajstić information content (AvgIpc) is 2.41. The molecule has 1 N–H and O–H groups in total. The van der Waals surface area contributed by atoms with Crippen LogP contribution in [0.25, 0.3) is 0 Å². The van der Waals surface area contributed by atoms with Gasteiger partial charge in [-0.3, -0.25) is 4.90 Å². The van der Waals surface area contributed by atoms with E-state index in [1.165, 1.54) is 31.5 Å². The molecule has 2 heterocycles. The lowest BCUT2D eigenvalue weighted by Crippen LogP contribution is -2.37. The topological polar surface area (TPSA) is 28.2 Å². The van der Waals surface area contributed by atoms with Gasteiger partial charge in [-0.25, -0.2) is 4.98 Å². The van der Waals surface area contributed by atoms with E-state index in [0.29, 0.717) is 5.41 Å². The molecule has 0 radical (unpaired) electrons. The van der Waals surface area contributed by atoms with Crippen LogP contribution in [0, 0.1) is 11.3 Å². The minimum absolute atomic E-state index is 0.454. The highest BCUT2D eigenvalue weighted by Crippen LogP contribution is 2.34. The molecular weight excluding hydrogens is 246 g/mol. The largest absolute Gasteiger partial charge is 0.370 e. The van der Waals surface area contributed by atoms with Crippen molar-refractivity contribution in [2.75, 3.05) is 25.0 Å². The lowest BCUT2D eigenvalue weighted by atomic mass is 9.75. The molecule has 0 bridgehead atoms. The Bertz CT molecular complexity index is 414. The first kappa shape index (κ1) is 15.3. The molecule has 1 saturated heterocycles. The SMILES string of the molecule is CCNc1ncccc1CN1CCC(C(C)(C)C)CC1. The lowest BCUT2D eigenvalue weighted by Gasteiger charge is -2.38. The Kier molecular flexibility index (Phi) is 5.03. The molecule has 3 heteroatoms. The van der Waals surface area contributed by atoms with Crippen LogP contribution in [0.3, 0.4) is 0 Å². The number of aromatic nitrogens is 1. The Hall–Kier alpha value is -1.09. The van der Waals surface area contributed by atoms with E-state index in [1.54, 1.807) is 0 Å². The third-order valence-corrected chi connectivity index (χ3v) is 4.44. The number of rotatable bonds is 4. The van der Waals surface area contributed by atoms with Crippen molar-refractivity contribution < 1.29 is 0 Å². The van der Waals surface area contributed by atoms with Gasteiger partial charge >= 0.3 is 0 Å². The van der Waals surface area contributed by atoms with Crippen LogP contribution < -0.4 is 5.32 Å². The summed E-state index contributed by atoms with van der Waals surface area (Å²) in [7, 11) is 0. The zero-order valence-electron chi connectivity index (χ0n) is 13.4. The monoisotopic (exact) mass is 275 g/mol. The fourth-order valence-electron chi connectivity index (χ4n) is 3.09. The molecule has 0 unspecified atom stereocenters. The maximum Gasteiger partial charge on any atom is 0.130 e. The van der Waals surface area contributed by atoms with Crippen molar-refractivity contribution >= 4 is 5.82 Å². The van der Waals surface area contributed by atoms with Crippen LogP contribution in [0.5, 0.6) is 0 Å². The summed E-state index contributed by atoms with van der Waals surface area (Å²) in [4.78, 5) is 7.02. The van der Waals surface area contributed by atoms with Gasteiger partial charge in [-0.2, -0.15) is 0 Å². The van der Waals surface area contributed by atoms with Crippen LogP contribution in [0.15, 0.2) is 18.3 Å². The van der Waals surface area contributed by atoms with E-state index in [0.717, 1.165) is 24.8 Å². The Morgan fingerprint density at radius 2 is 2.00 bits per heavy atom. The molecule has 0 spiro atoms. The molecule has 0 atom stereocenters. The van der Waals surface area contributed by atoms with E-state index in [1.807, 2.05) is 12.3 Å². The Morgan fingerprint density at radius 1 is 1.30 bits per heavy atom. The highest BCUT2D eigenvalue weighted by atomic mass is 15.1. The number of nitrogens with one attached hydrogen (secondary N) is 1. The number of nitrogens with zero attached hydrogens (tertiary/aromatic N) is 2. The summed E-state index contributed by atoms with van der Waals surface area (Å²) in [6.07, 6.45) is 4.51. The molecule has 0 aromatic carbocycles. The number of anilines is 1. The molecule has 1 aromatic heterocycles. The molecule has 1 aliphatic rings. The summed E-state index contributed by atoms with van der Waals surface area (Å²) in [6, 6.07) is 4.24. The van der Waals surface area contributed by atoms with E-state index >= 15 is 0 Å². The van der Waals surface area contributed by atoms with Crippen LogP contribution in [0.4, 0.5) is 5.82 Å². The minimum Gasteiger partial charge on any atom is -0.370 e.